The molecule has 0 fully saturated rings. The van der Waals surface area contributed by atoms with Gasteiger partial charge < -0.3 is 20.0 Å². The molecule has 0 atom stereocenters. The van der Waals surface area contributed by atoms with Crippen LogP contribution >= 0.6 is 11.8 Å². The Morgan fingerprint density at radius 1 is 0.642 bits per heavy atom. The summed E-state index contributed by atoms with van der Waals surface area (Å²) >= 11 is 1.59. The molecule has 0 aliphatic carbocycles. The standard InChI is InChI=1S/C46H53N5OS/c1-31(2)36-14-10-34(11-15-36)29-51(30-35-12-16-37(17-13-35)32(3)4)42-26-27-43-44(28-42)48-45(47-33(5)52)53-46(43,38-18-22-40(23-19-38)49(6)7)39-20-24-41(25-21-39)50(8)9/h10-28,31-32H,29-30H2,1-9H3,(H,47,48,52). The third kappa shape index (κ3) is 8.31. The van der Waals surface area contributed by atoms with E-state index in [2.05, 4.69) is 191 Å². The molecular formula is C46H53N5OS. The summed E-state index contributed by atoms with van der Waals surface area (Å²) in [6.45, 7) is 12.0. The third-order valence-electron chi connectivity index (χ3n) is 10.1. The van der Waals surface area contributed by atoms with Crippen LogP contribution in [0.3, 0.4) is 0 Å². The summed E-state index contributed by atoms with van der Waals surface area (Å²) in [5, 5.41) is 3.66. The summed E-state index contributed by atoms with van der Waals surface area (Å²) in [5.74, 6) is 0.812. The number of fused-ring (bicyclic) bond motifs is 1. The summed E-state index contributed by atoms with van der Waals surface area (Å²) in [6.07, 6.45) is 0. The second kappa shape index (κ2) is 15.9. The van der Waals surface area contributed by atoms with Crippen LogP contribution in [0.2, 0.25) is 0 Å². The van der Waals surface area contributed by atoms with Gasteiger partial charge in [0.1, 0.15) is 4.75 Å². The second-order valence-corrected chi connectivity index (χ2v) is 16.3. The molecule has 7 heteroatoms. The lowest BCUT2D eigenvalue weighted by molar-refractivity contribution is -0.117. The highest BCUT2D eigenvalue weighted by Gasteiger charge is 2.43. The monoisotopic (exact) mass is 723 g/mol. The van der Waals surface area contributed by atoms with Crippen LogP contribution in [-0.2, 0) is 22.6 Å². The first kappa shape index (κ1) is 37.7. The average molecular weight is 724 g/mol. The number of anilines is 3. The third-order valence-corrected chi connectivity index (χ3v) is 11.5. The van der Waals surface area contributed by atoms with E-state index in [9.17, 15) is 4.79 Å². The fraction of sp³-hybridized carbons (Fsp3) is 0.304. The largest absolute Gasteiger partial charge is 0.378 e. The Labute approximate surface area is 321 Å². The lowest BCUT2D eigenvalue weighted by Crippen LogP contribution is -2.36. The van der Waals surface area contributed by atoms with E-state index in [1.807, 2.05) is 0 Å². The van der Waals surface area contributed by atoms with Crippen LogP contribution < -0.4 is 20.0 Å². The molecule has 274 valence electrons. The quantitative estimate of drug-likeness (QED) is 0.147. The highest BCUT2D eigenvalue weighted by molar-refractivity contribution is 8.15. The molecule has 0 unspecified atom stereocenters. The Kier molecular flexibility index (Phi) is 11.3. The number of carbonyl (C=O) groups is 1. The summed E-state index contributed by atoms with van der Waals surface area (Å²) in [4.78, 5) is 24.4. The van der Waals surface area contributed by atoms with Crippen LogP contribution in [-0.4, -0.2) is 39.3 Å². The molecular weight excluding hydrogens is 671 g/mol. The van der Waals surface area contributed by atoms with Crippen molar-refractivity contribution in [3.8, 4) is 0 Å². The Morgan fingerprint density at radius 2 is 1.08 bits per heavy atom. The SMILES string of the molecule is CC(=O)NC1=Nc2cc(N(Cc3ccc(C(C)C)cc3)Cc3ccc(C(C)C)cc3)ccc2C(c2ccc(N(C)C)cc2)(c2ccc(N(C)C)cc2)S1. The number of hydrogen-bond donors (Lipinski definition) is 1. The van der Waals surface area contributed by atoms with Crippen LogP contribution in [0, 0.1) is 0 Å². The maximum absolute atomic E-state index is 12.6. The van der Waals surface area contributed by atoms with E-state index in [0.29, 0.717) is 17.0 Å². The Bertz CT molecular complexity index is 1940. The number of amides is 1. The minimum atomic E-state index is -0.673. The minimum Gasteiger partial charge on any atom is -0.378 e. The summed E-state index contributed by atoms with van der Waals surface area (Å²) < 4.78 is -0.673. The molecule has 0 spiro atoms. The number of benzene rings is 5. The van der Waals surface area contributed by atoms with Gasteiger partial charge in [-0.15, -0.1) is 0 Å². The van der Waals surface area contributed by atoms with Crippen molar-refractivity contribution in [1.82, 2.24) is 5.32 Å². The molecule has 1 amide bonds. The van der Waals surface area contributed by atoms with Crippen LogP contribution in [0.25, 0.3) is 0 Å². The van der Waals surface area contributed by atoms with Crippen molar-refractivity contribution in [2.45, 2.75) is 64.3 Å². The van der Waals surface area contributed by atoms with Gasteiger partial charge in [0.15, 0.2) is 5.17 Å². The smallest absolute Gasteiger partial charge is 0.222 e. The predicted molar refractivity (Wildman–Crippen MR) is 227 cm³/mol. The van der Waals surface area contributed by atoms with E-state index < -0.39 is 4.75 Å². The summed E-state index contributed by atoms with van der Waals surface area (Å²) in [7, 11) is 8.23. The van der Waals surface area contributed by atoms with Crippen molar-refractivity contribution >= 4 is 45.6 Å². The molecule has 53 heavy (non-hydrogen) atoms. The number of nitrogens with one attached hydrogen (secondary N) is 1. The fourth-order valence-corrected chi connectivity index (χ4v) is 8.34. The zero-order valence-electron chi connectivity index (χ0n) is 32.6. The van der Waals surface area contributed by atoms with Crippen LogP contribution in [0.4, 0.5) is 22.7 Å². The Hall–Kier alpha value is -5.01. The van der Waals surface area contributed by atoms with Crippen molar-refractivity contribution in [1.29, 1.82) is 0 Å². The molecule has 6 rings (SSSR count). The van der Waals surface area contributed by atoms with Crippen molar-refractivity contribution in [3.63, 3.8) is 0 Å². The maximum atomic E-state index is 12.6. The van der Waals surface area contributed by atoms with Gasteiger partial charge in [-0.3, -0.25) is 4.79 Å². The van der Waals surface area contributed by atoms with E-state index in [0.717, 1.165) is 52.5 Å². The number of rotatable bonds is 11. The molecule has 0 radical (unpaired) electrons. The lowest BCUT2D eigenvalue weighted by atomic mass is 9.82. The van der Waals surface area contributed by atoms with Crippen LogP contribution in [0.5, 0.6) is 0 Å². The van der Waals surface area contributed by atoms with Crippen molar-refractivity contribution < 1.29 is 4.79 Å². The number of carbonyl (C=O) groups excluding carboxylic acids is 1. The molecule has 1 aliphatic heterocycles. The van der Waals surface area contributed by atoms with Gasteiger partial charge in [0.2, 0.25) is 5.91 Å². The van der Waals surface area contributed by atoms with E-state index in [-0.39, 0.29) is 5.91 Å². The number of thioether (sulfide) groups is 1. The average Bonchev–Trinajstić information content (AvgIpc) is 3.14. The minimum absolute atomic E-state index is 0.146. The van der Waals surface area contributed by atoms with Gasteiger partial charge in [0.05, 0.1) is 5.69 Å². The van der Waals surface area contributed by atoms with Gasteiger partial charge in [-0.25, -0.2) is 4.99 Å². The Balaban J connectivity index is 1.51. The van der Waals surface area contributed by atoms with Gasteiger partial charge in [-0.05, 0) is 81.6 Å². The molecule has 5 aromatic carbocycles. The molecule has 0 aromatic heterocycles. The number of aliphatic imine (C=N–C) groups is 1. The van der Waals surface area contributed by atoms with Gasteiger partial charge in [-0.1, -0.05) is 118 Å². The predicted octanol–water partition coefficient (Wildman–Crippen LogP) is 10.4. The van der Waals surface area contributed by atoms with Gasteiger partial charge in [0, 0.05) is 70.8 Å². The topological polar surface area (TPSA) is 51.2 Å². The zero-order chi connectivity index (χ0) is 37.9. The highest BCUT2D eigenvalue weighted by Crippen LogP contribution is 2.55. The van der Waals surface area contributed by atoms with Gasteiger partial charge in [0.25, 0.3) is 0 Å². The molecule has 1 N–H and O–H groups in total. The molecule has 1 aliphatic rings. The van der Waals surface area contributed by atoms with Crippen LogP contribution in [0.1, 0.15) is 85.4 Å². The van der Waals surface area contributed by atoms with E-state index in [1.54, 1.807) is 18.7 Å². The van der Waals surface area contributed by atoms with E-state index in [4.69, 9.17) is 4.99 Å². The first-order valence-corrected chi connectivity index (χ1v) is 19.3. The van der Waals surface area contributed by atoms with Crippen molar-refractivity contribution in [2.24, 2.45) is 4.99 Å². The molecule has 0 saturated heterocycles. The number of amidine groups is 1. The number of nitrogens with zero attached hydrogens (tertiary/aromatic N) is 4. The molecule has 1 heterocycles. The molecule has 6 nitrogen and oxygen atoms in total. The van der Waals surface area contributed by atoms with Crippen molar-refractivity contribution in [2.75, 3.05) is 42.9 Å². The normalized spacial score (nSPS) is 13.4. The van der Waals surface area contributed by atoms with E-state index in [1.165, 1.54) is 22.3 Å². The van der Waals surface area contributed by atoms with Gasteiger partial charge in [-0.2, -0.15) is 0 Å². The lowest BCUT2D eigenvalue weighted by Gasteiger charge is -2.39. The first-order valence-electron chi connectivity index (χ1n) is 18.5. The first-order chi connectivity index (χ1) is 25.3. The second-order valence-electron chi connectivity index (χ2n) is 15.1. The summed E-state index contributed by atoms with van der Waals surface area (Å²) in [6, 6.07) is 42.3. The summed E-state index contributed by atoms with van der Waals surface area (Å²) in [5.41, 5.74) is 12.6. The number of hydrogen-bond acceptors (Lipinski definition) is 6. The fourth-order valence-electron chi connectivity index (χ4n) is 6.92. The molecule has 0 saturated carbocycles. The maximum Gasteiger partial charge on any atom is 0.222 e. The zero-order valence-corrected chi connectivity index (χ0v) is 33.5. The Morgan fingerprint density at radius 3 is 1.47 bits per heavy atom. The van der Waals surface area contributed by atoms with Gasteiger partial charge >= 0.3 is 0 Å². The molecule has 5 aromatic rings. The van der Waals surface area contributed by atoms with Crippen molar-refractivity contribution in [3.05, 3.63) is 154 Å². The van der Waals surface area contributed by atoms with E-state index >= 15 is 0 Å². The highest BCUT2D eigenvalue weighted by atomic mass is 32.2. The van der Waals surface area contributed by atoms with Crippen LogP contribution in [0.15, 0.2) is 120 Å². The molecule has 0 bridgehead atoms.